The van der Waals surface area contributed by atoms with Crippen LogP contribution < -0.4 is 10.5 Å². The summed E-state index contributed by atoms with van der Waals surface area (Å²) in [6, 6.07) is 0. The van der Waals surface area contributed by atoms with Gasteiger partial charge in [0, 0.05) is 14.1 Å². The Kier molecular flexibility index (Phi) is 2.11. The molecule has 2 aromatic rings. The van der Waals surface area contributed by atoms with Crippen LogP contribution in [0.2, 0.25) is 0 Å². The molecule has 15 heavy (non-hydrogen) atoms. The highest BCUT2D eigenvalue weighted by Crippen LogP contribution is 2.28. The fourth-order valence-corrected chi connectivity index (χ4v) is 1.34. The summed E-state index contributed by atoms with van der Waals surface area (Å²) >= 11 is 0. The molecule has 6 heteroatoms. The van der Waals surface area contributed by atoms with Crippen molar-refractivity contribution in [2.24, 2.45) is 14.1 Å². The normalized spacial score (nSPS) is 10.6. The smallest absolute Gasteiger partial charge is 0.241 e. The monoisotopic (exact) mass is 207 g/mol. The average Bonchev–Trinajstić information content (AvgIpc) is 2.67. The molecule has 0 bridgehead atoms. The number of aryl methyl sites for hydroxylation is 3. The molecule has 2 aromatic heterocycles. The molecule has 0 aliphatic heterocycles. The first kappa shape index (κ1) is 9.57. The van der Waals surface area contributed by atoms with Crippen LogP contribution in [0.5, 0.6) is 11.6 Å². The number of hydrogen-bond acceptors (Lipinski definition) is 4. The quantitative estimate of drug-likeness (QED) is 0.792. The van der Waals surface area contributed by atoms with Crippen LogP contribution in [0.1, 0.15) is 5.69 Å². The molecule has 0 radical (unpaired) electrons. The van der Waals surface area contributed by atoms with Crippen molar-refractivity contribution < 1.29 is 4.74 Å². The maximum Gasteiger partial charge on any atom is 0.241 e. The Hall–Kier alpha value is -1.98. The Morgan fingerprint density at radius 3 is 2.60 bits per heavy atom. The van der Waals surface area contributed by atoms with Crippen molar-refractivity contribution >= 4 is 5.69 Å². The summed E-state index contributed by atoms with van der Waals surface area (Å²) in [6.45, 7) is 1.84. The van der Waals surface area contributed by atoms with Crippen LogP contribution in [0.25, 0.3) is 0 Å². The van der Waals surface area contributed by atoms with Crippen LogP contribution in [0.4, 0.5) is 5.69 Å². The van der Waals surface area contributed by atoms with Crippen molar-refractivity contribution in [3.8, 4) is 11.6 Å². The highest BCUT2D eigenvalue weighted by molar-refractivity contribution is 5.53. The zero-order valence-corrected chi connectivity index (χ0v) is 8.93. The van der Waals surface area contributed by atoms with Gasteiger partial charge in [0.1, 0.15) is 5.69 Å². The molecule has 0 spiro atoms. The van der Waals surface area contributed by atoms with Gasteiger partial charge in [0.05, 0.1) is 18.1 Å². The minimum absolute atomic E-state index is 0.542. The van der Waals surface area contributed by atoms with E-state index in [1.54, 1.807) is 28.8 Å². The largest absolute Gasteiger partial charge is 0.434 e. The lowest BCUT2D eigenvalue weighted by atomic mass is 10.4. The maximum atomic E-state index is 5.82. The molecule has 0 amide bonds. The van der Waals surface area contributed by atoms with Crippen LogP contribution >= 0.6 is 0 Å². The molecule has 6 nitrogen and oxygen atoms in total. The van der Waals surface area contributed by atoms with Gasteiger partial charge < -0.3 is 10.5 Å². The highest BCUT2D eigenvalue weighted by Gasteiger charge is 2.12. The Bertz CT molecular complexity index is 485. The number of nitrogens with two attached hydrogens (primary N) is 1. The zero-order valence-electron chi connectivity index (χ0n) is 8.93. The lowest BCUT2D eigenvalue weighted by Crippen LogP contribution is -1.96. The molecule has 2 heterocycles. The Balaban J connectivity index is 2.31. The van der Waals surface area contributed by atoms with Gasteiger partial charge >= 0.3 is 0 Å². The molecule has 0 aromatic carbocycles. The predicted octanol–water partition coefficient (Wildman–Crippen LogP) is 0.837. The number of hydrogen-bond donors (Lipinski definition) is 1. The number of ether oxygens (including phenoxy) is 1. The molecular weight excluding hydrogens is 194 g/mol. The number of anilines is 1. The molecule has 0 saturated heterocycles. The van der Waals surface area contributed by atoms with Crippen molar-refractivity contribution in [1.82, 2.24) is 19.6 Å². The number of rotatable bonds is 2. The molecule has 0 saturated carbocycles. The summed E-state index contributed by atoms with van der Waals surface area (Å²) in [6.07, 6.45) is 3.39. The van der Waals surface area contributed by atoms with Crippen LogP contribution in [0, 0.1) is 6.92 Å². The number of nitrogens with zero attached hydrogens (tertiary/aromatic N) is 4. The van der Waals surface area contributed by atoms with Gasteiger partial charge in [-0.1, -0.05) is 0 Å². The molecule has 2 rings (SSSR count). The van der Waals surface area contributed by atoms with E-state index in [0.717, 1.165) is 5.69 Å². The lowest BCUT2D eigenvalue weighted by molar-refractivity contribution is 0.432. The molecule has 0 atom stereocenters. The van der Waals surface area contributed by atoms with Crippen molar-refractivity contribution in [1.29, 1.82) is 0 Å². The molecule has 0 fully saturated rings. The third-order valence-corrected chi connectivity index (χ3v) is 2.11. The minimum atomic E-state index is 0.542. The summed E-state index contributed by atoms with van der Waals surface area (Å²) < 4.78 is 8.84. The Labute approximate surface area is 87.3 Å². The summed E-state index contributed by atoms with van der Waals surface area (Å²) in [4.78, 5) is 0. The third kappa shape index (κ3) is 1.65. The van der Waals surface area contributed by atoms with Crippen LogP contribution in [0.15, 0.2) is 12.4 Å². The average molecular weight is 207 g/mol. The lowest BCUT2D eigenvalue weighted by Gasteiger charge is -2.03. The van der Waals surface area contributed by atoms with Crippen molar-refractivity contribution in [3.05, 3.63) is 18.1 Å². The van der Waals surface area contributed by atoms with Crippen LogP contribution in [0.3, 0.4) is 0 Å². The van der Waals surface area contributed by atoms with Gasteiger partial charge in [0.15, 0.2) is 5.75 Å². The molecule has 80 valence electrons. The third-order valence-electron chi connectivity index (χ3n) is 2.11. The van der Waals surface area contributed by atoms with Gasteiger partial charge in [-0.25, -0.2) is 4.68 Å². The van der Waals surface area contributed by atoms with E-state index in [0.29, 0.717) is 17.3 Å². The van der Waals surface area contributed by atoms with Gasteiger partial charge in [-0.3, -0.25) is 4.68 Å². The van der Waals surface area contributed by atoms with E-state index in [2.05, 4.69) is 10.2 Å². The Morgan fingerprint density at radius 1 is 1.40 bits per heavy atom. The second-order valence-corrected chi connectivity index (χ2v) is 3.38. The van der Waals surface area contributed by atoms with E-state index in [-0.39, 0.29) is 0 Å². The fraction of sp³-hybridized carbons (Fsp3) is 0.333. The van der Waals surface area contributed by atoms with E-state index in [1.807, 2.05) is 14.0 Å². The van der Waals surface area contributed by atoms with E-state index < -0.39 is 0 Å². The van der Waals surface area contributed by atoms with Gasteiger partial charge in [-0.15, -0.1) is 0 Å². The molecular formula is C9H13N5O. The second kappa shape index (κ2) is 3.30. The first-order valence-corrected chi connectivity index (χ1v) is 4.53. The predicted molar refractivity (Wildman–Crippen MR) is 55.6 cm³/mol. The standard InChI is InChI=1S/C9H13N5O/c1-6-8(10)9(14(3)12-6)15-7-4-11-13(2)5-7/h4-5H,10H2,1-3H3. The first-order chi connectivity index (χ1) is 7.08. The van der Waals surface area contributed by atoms with E-state index in [9.17, 15) is 0 Å². The summed E-state index contributed by atoms with van der Waals surface area (Å²) in [5.74, 6) is 1.19. The fourth-order valence-electron chi connectivity index (χ4n) is 1.34. The van der Waals surface area contributed by atoms with Crippen LogP contribution in [-0.2, 0) is 14.1 Å². The second-order valence-electron chi connectivity index (χ2n) is 3.38. The van der Waals surface area contributed by atoms with Crippen molar-refractivity contribution in [2.75, 3.05) is 5.73 Å². The van der Waals surface area contributed by atoms with E-state index in [1.165, 1.54) is 0 Å². The summed E-state index contributed by atoms with van der Waals surface area (Å²) in [5.41, 5.74) is 7.14. The molecule has 0 aliphatic rings. The zero-order chi connectivity index (χ0) is 11.0. The van der Waals surface area contributed by atoms with E-state index >= 15 is 0 Å². The van der Waals surface area contributed by atoms with Crippen LogP contribution in [-0.4, -0.2) is 19.6 Å². The number of nitrogen functional groups attached to an aromatic ring is 1. The molecule has 2 N–H and O–H groups in total. The van der Waals surface area contributed by atoms with Gasteiger partial charge in [-0.2, -0.15) is 10.2 Å². The highest BCUT2D eigenvalue weighted by atomic mass is 16.5. The van der Waals surface area contributed by atoms with Gasteiger partial charge in [0.2, 0.25) is 5.88 Å². The van der Waals surface area contributed by atoms with Crippen molar-refractivity contribution in [3.63, 3.8) is 0 Å². The maximum absolute atomic E-state index is 5.82. The van der Waals surface area contributed by atoms with E-state index in [4.69, 9.17) is 10.5 Å². The van der Waals surface area contributed by atoms with Gasteiger partial charge in [-0.05, 0) is 6.92 Å². The molecule has 0 unspecified atom stereocenters. The van der Waals surface area contributed by atoms with Crippen molar-refractivity contribution in [2.45, 2.75) is 6.92 Å². The van der Waals surface area contributed by atoms with Gasteiger partial charge in [0.25, 0.3) is 0 Å². The number of aromatic nitrogens is 4. The molecule has 0 aliphatic carbocycles. The summed E-state index contributed by atoms with van der Waals surface area (Å²) in [7, 11) is 3.61. The SMILES string of the molecule is Cc1nn(C)c(Oc2cnn(C)c2)c1N. The topological polar surface area (TPSA) is 70.9 Å². The minimum Gasteiger partial charge on any atom is -0.434 e. The first-order valence-electron chi connectivity index (χ1n) is 4.53. The summed E-state index contributed by atoms with van der Waals surface area (Å²) in [5, 5.41) is 8.15. The Morgan fingerprint density at radius 2 is 2.13 bits per heavy atom.